The first-order chi connectivity index (χ1) is 11.5. The van der Waals surface area contributed by atoms with Gasteiger partial charge in [-0.1, -0.05) is 19.3 Å². The number of nitrogens with one attached hydrogen (secondary N) is 2. The average molecular weight is 335 g/mol. The minimum Gasteiger partial charge on any atom is -0.484 e. The molecule has 1 aromatic carbocycles. The van der Waals surface area contributed by atoms with Crippen LogP contribution in [-0.2, 0) is 9.59 Å². The van der Waals surface area contributed by atoms with Crippen LogP contribution in [0.4, 0.5) is 9.18 Å². The Bertz CT molecular complexity index is 656. The number of urea groups is 1. The van der Waals surface area contributed by atoms with Gasteiger partial charge in [0.05, 0.1) is 0 Å². The van der Waals surface area contributed by atoms with E-state index in [-0.39, 0.29) is 0 Å². The highest BCUT2D eigenvalue weighted by molar-refractivity contribution is 6.08. The predicted octanol–water partition coefficient (Wildman–Crippen LogP) is 1.49. The molecule has 0 aromatic heterocycles. The minimum absolute atomic E-state index is 0.313. The number of hydrogen-bond donors (Lipinski definition) is 2. The van der Waals surface area contributed by atoms with Crippen molar-refractivity contribution in [2.24, 2.45) is 0 Å². The first kappa shape index (κ1) is 16.2. The van der Waals surface area contributed by atoms with Crippen LogP contribution in [0.3, 0.4) is 0 Å². The molecule has 0 unspecified atom stereocenters. The summed E-state index contributed by atoms with van der Waals surface area (Å²) >= 11 is 0. The standard InChI is InChI=1S/C16H18FN3O4/c17-11-4-6-12(7-5-11)24-10-13(21)19-20-14(22)16(18-15(20)23)8-2-1-3-9-16/h4-7H,1-3,8-10H2,(H,18,23)(H,19,21). The van der Waals surface area contributed by atoms with Crippen LogP contribution in [0.5, 0.6) is 5.75 Å². The zero-order chi connectivity index (χ0) is 17.2. The highest BCUT2D eigenvalue weighted by Crippen LogP contribution is 2.32. The number of ether oxygens (including phenoxy) is 1. The molecular weight excluding hydrogens is 317 g/mol. The maximum Gasteiger partial charge on any atom is 0.344 e. The molecule has 0 radical (unpaired) electrons. The first-order valence-electron chi connectivity index (χ1n) is 7.85. The summed E-state index contributed by atoms with van der Waals surface area (Å²) in [4.78, 5) is 36.4. The molecule has 2 fully saturated rings. The summed E-state index contributed by atoms with van der Waals surface area (Å²) in [5, 5.41) is 3.42. The summed E-state index contributed by atoms with van der Waals surface area (Å²) in [5.41, 5.74) is 1.38. The van der Waals surface area contributed by atoms with Crippen molar-refractivity contribution < 1.29 is 23.5 Å². The molecule has 1 spiro atoms. The Hall–Kier alpha value is -2.64. The summed E-state index contributed by atoms with van der Waals surface area (Å²) in [6.07, 6.45) is 3.91. The third-order valence-corrected chi connectivity index (χ3v) is 4.29. The van der Waals surface area contributed by atoms with Crippen molar-refractivity contribution in [3.63, 3.8) is 0 Å². The zero-order valence-electron chi connectivity index (χ0n) is 13.0. The molecule has 2 aliphatic rings. The van der Waals surface area contributed by atoms with E-state index in [1.807, 2.05) is 0 Å². The lowest BCUT2D eigenvalue weighted by Gasteiger charge is -2.30. The predicted molar refractivity (Wildman–Crippen MR) is 81.2 cm³/mol. The summed E-state index contributed by atoms with van der Waals surface area (Å²) in [6.45, 7) is -0.393. The molecule has 1 aliphatic heterocycles. The number of amides is 4. The molecule has 128 valence electrons. The summed E-state index contributed by atoms with van der Waals surface area (Å²) in [5.74, 6) is -1.17. The van der Waals surface area contributed by atoms with Crippen molar-refractivity contribution >= 4 is 17.8 Å². The van der Waals surface area contributed by atoms with Gasteiger partial charge >= 0.3 is 6.03 Å². The normalized spacial score (nSPS) is 19.3. The summed E-state index contributed by atoms with van der Waals surface area (Å²) < 4.78 is 18.0. The monoisotopic (exact) mass is 335 g/mol. The number of benzene rings is 1. The molecule has 8 heteroatoms. The molecule has 1 heterocycles. The van der Waals surface area contributed by atoms with Crippen molar-refractivity contribution in [2.45, 2.75) is 37.6 Å². The van der Waals surface area contributed by atoms with Gasteiger partial charge in [-0.3, -0.25) is 15.0 Å². The van der Waals surface area contributed by atoms with Crippen LogP contribution >= 0.6 is 0 Å². The maximum atomic E-state index is 12.8. The largest absolute Gasteiger partial charge is 0.484 e. The van der Waals surface area contributed by atoms with Gasteiger partial charge in [0.2, 0.25) is 0 Å². The molecule has 4 amide bonds. The molecule has 1 saturated heterocycles. The second-order valence-electron chi connectivity index (χ2n) is 5.99. The van der Waals surface area contributed by atoms with E-state index >= 15 is 0 Å². The SMILES string of the molecule is O=C(COc1ccc(F)cc1)NN1C(=O)NC2(CCCCC2)C1=O. The Balaban J connectivity index is 1.56. The van der Waals surface area contributed by atoms with Gasteiger partial charge in [0.15, 0.2) is 6.61 Å². The van der Waals surface area contributed by atoms with Gasteiger partial charge in [0.25, 0.3) is 11.8 Å². The van der Waals surface area contributed by atoms with Gasteiger partial charge in [-0.25, -0.2) is 9.18 Å². The average Bonchev–Trinajstić information content (AvgIpc) is 2.79. The molecule has 0 bridgehead atoms. The second kappa shape index (κ2) is 6.46. The Labute approximate surface area is 138 Å². The number of carbonyl (C=O) groups is 3. The van der Waals surface area contributed by atoms with Crippen molar-refractivity contribution in [3.05, 3.63) is 30.1 Å². The van der Waals surface area contributed by atoms with E-state index in [4.69, 9.17) is 4.74 Å². The Morgan fingerprint density at radius 2 is 1.88 bits per heavy atom. The Morgan fingerprint density at radius 3 is 2.54 bits per heavy atom. The zero-order valence-corrected chi connectivity index (χ0v) is 13.0. The molecule has 2 N–H and O–H groups in total. The van der Waals surface area contributed by atoms with Crippen molar-refractivity contribution in [1.29, 1.82) is 0 Å². The molecule has 3 rings (SSSR count). The molecule has 1 aromatic rings. The van der Waals surface area contributed by atoms with Crippen molar-refractivity contribution in [2.75, 3.05) is 6.61 Å². The number of hydrogen-bond acceptors (Lipinski definition) is 4. The van der Waals surface area contributed by atoms with Gasteiger partial charge < -0.3 is 10.1 Å². The van der Waals surface area contributed by atoms with Crippen LogP contribution in [0.1, 0.15) is 32.1 Å². The summed E-state index contributed by atoms with van der Waals surface area (Å²) in [6, 6.07) is 4.55. The lowest BCUT2D eigenvalue weighted by molar-refractivity contribution is -0.140. The van der Waals surface area contributed by atoms with Gasteiger partial charge in [0.1, 0.15) is 17.1 Å². The number of nitrogens with zero attached hydrogens (tertiary/aromatic N) is 1. The third kappa shape index (κ3) is 3.17. The molecular formula is C16H18FN3O4. The van der Waals surface area contributed by atoms with Crippen LogP contribution in [0.2, 0.25) is 0 Å². The van der Waals surface area contributed by atoms with E-state index in [1.54, 1.807) is 0 Å². The van der Waals surface area contributed by atoms with E-state index in [9.17, 15) is 18.8 Å². The fourth-order valence-electron chi connectivity index (χ4n) is 3.05. The smallest absolute Gasteiger partial charge is 0.344 e. The fourth-order valence-corrected chi connectivity index (χ4v) is 3.05. The molecule has 0 atom stereocenters. The molecule has 1 aliphatic carbocycles. The van der Waals surface area contributed by atoms with Gasteiger partial charge in [-0.05, 0) is 37.1 Å². The summed E-state index contributed by atoms with van der Waals surface area (Å²) in [7, 11) is 0. The first-order valence-corrected chi connectivity index (χ1v) is 7.85. The van der Waals surface area contributed by atoms with Gasteiger partial charge in [-0.15, -0.1) is 0 Å². The van der Waals surface area contributed by atoms with E-state index in [0.717, 1.165) is 24.3 Å². The molecule has 1 saturated carbocycles. The second-order valence-corrected chi connectivity index (χ2v) is 5.99. The molecule has 7 nitrogen and oxygen atoms in total. The van der Waals surface area contributed by atoms with Gasteiger partial charge in [0, 0.05) is 0 Å². The van der Waals surface area contributed by atoms with E-state index in [1.165, 1.54) is 24.3 Å². The minimum atomic E-state index is -0.888. The quantitative estimate of drug-likeness (QED) is 0.816. The topological polar surface area (TPSA) is 87.7 Å². The highest BCUT2D eigenvalue weighted by atomic mass is 19.1. The Kier molecular flexibility index (Phi) is 4.37. The van der Waals surface area contributed by atoms with Crippen molar-refractivity contribution in [3.8, 4) is 5.75 Å². The van der Waals surface area contributed by atoms with E-state index in [2.05, 4.69) is 10.7 Å². The van der Waals surface area contributed by atoms with E-state index in [0.29, 0.717) is 18.6 Å². The van der Waals surface area contributed by atoms with Crippen LogP contribution < -0.4 is 15.5 Å². The van der Waals surface area contributed by atoms with Crippen molar-refractivity contribution in [1.82, 2.24) is 15.8 Å². The van der Waals surface area contributed by atoms with Crippen LogP contribution in [0.15, 0.2) is 24.3 Å². The molecule has 24 heavy (non-hydrogen) atoms. The maximum absolute atomic E-state index is 12.8. The number of imide groups is 1. The number of carbonyl (C=O) groups excluding carboxylic acids is 3. The van der Waals surface area contributed by atoms with E-state index < -0.39 is 35.8 Å². The lowest BCUT2D eigenvalue weighted by Crippen LogP contribution is -2.51. The Morgan fingerprint density at radius 1 is 1.21 bits per heavy atom. The van der Waals surface area contributed by atoms with Crippen LogP contribution in [-0.4, -0.2) is 35.0 Å². The number of rotatable bonds is 4. The third-order valence-electron chi connectivity index (χ3n) is 4.29. The van der Waals surface area contributed by atoms with Crippen LogP contribution in [0, 0.1) is 5.82 Å². The number of halogens is 1. The lowest BCUT2D eigenvalue weighted by atomic mass is 9.82. The van der Waals surface area contributed by atoms with Crippen LogP contribution in [0.25, 0.3) is 0 Å². The fraction of sp³-hybridized carbons (Fsp3) is 0.438. The van der Waals surface area contributed by atoms with Gasteiger partial charge in [-0.2, -0.15) is 5.01 Å². The highest BCUT2D eigenvalue weighted by Gasteiger charge is 2.52. The number of hydrazine groups is 1.